The summed E-state index contributed by atoms with van der Waals surface area (Å²) in [5.74, 6) is -2.19. The van der Waals surface area contributed by atoms with Gasteiger partial charge in [-0.3, -0.25) is 9.59 Å². The van der Waals surface area contributed by atoms with Crippen molar-refractivity contribution in [1.82, 2.24) is 4.31 Å². The molecule has 10 heteroatoms. The number of esters is 1. The Hall–Kier alpha value is -2.82. The Kier molecular flexibility index (Phi) is 6.73. The van der Waals surface area contributed by atoms with Gasteiger partial charge in [-0.05, 0) is 55.3 Å². The van der Waals surface area contributed by atoms with Crippen LogP contribution in [0.25, 0.3) is 0 Å². The number of benzene rings is 2. The Bertz CT molecular complexity index is 1100. The SMILES string of the molecule is Cc1ccc(S(=O)(=O)N2CC(O)CC2C(=O)OCC(=O)Nc2cccc(F)c2)cc1C. The summed E-state index contributed by atoms with van der Waals surface area (Å²) < 4.78 is 45.2. The Labute approximate surface area is 179 Å². The number of carbonyl (C=O) groups is 2. The number of β-amino-alcohol motifs (C(OH)–C–C–N with tert-alkyl or cyclic N) is 1. The van der Waals surface area contributed by atoms with Crippen molar-refractivity contribution in [3.63, 3.8) is 0 Å². The van der Waals surface area contributed by atoms with Crippen LogP contribution in [-0.2, 0) is 24.3 Å². The second-order valence-electron chi connectivity index (χ2n) is 7.39. The Morgan fingerprint density at radius 3 is 2.61 bits per heavy atom. The predicted octanol–water partition coefficient (Wildman–Crippen LogP) is 1.75. The van der Waals surface area contributed by atoms with Crippen LogP contribution in [-0.4, -0.2) is 55.0 Å². The van der Waals surface area contributed by atoms with Crippen molar-refractivity contribution in [2.75, 3.05) is 18.5 Å². The average Bonchev–Trinajstić information content (AvgIpc) is 3.11. The van der Waals surface area contributed by atoms with Crippen LogP contribution >= 0.6 is 0 Å². The van der Waals surface area contributed by atoms with Gasteiger partial charge in [0.1, 0.15) is 11.9 Å². The Morgan fingerprint density at radius 1 is 1.19 bits per heavy atom. The zero-order valence-electron chi connectivity index (χ0n) is 17.0. The number of rotatable bonds is 6. The third-order valence-electron chi connectivity index (χ3n) is 5.04. The lowest BCUT2D eigenvalue weighted by Crippen LogP contribution is -2.42. The van der Waals surface area contributed by atoms with Crippen LogP contribution in [0.15, 0.2) is 47.4 Å². The van der Waals surface area contributed by atoms with Crippen molar-refractivity contribution in [2.24, 2.45) is 0 Å². The number of carbonyl (C=O) groups excluding carboxylic acids is 2. The predicted molar refractivity (Wildman–Crippen MR) is 110 cm³/mol. The number of aliphatic hydroxyl groups excluding tert-OH is 1. The fourth-order valence-electron chi connectivity index (χ4n) is 3.27. The first-order chi connectivity index (χ1) is 14.6. The van der Waals surface area contributed by atoms with E-state index in [0.717, 1.165) is 21.5 Å². The van der Waals surface area contributed by atoms with E-state index in [4.69, 9.17) is 4.74 Å². The minimum absolute atomic E-state index is 0.00588. The lowest BCUT2D eigenvalue weighted by Gasteiger charge is -2.22. The summed E-state index contributed by atoms with van der Waals surface area (Å²) in [5.41, 5.74) is 1.88. The molecule has 0 spiro atoms. The zero-order chi connectivity index (χ0) is 22.8. The molecule has 8 nitrogen and oxygen atoms in total. The highest BCUT2D eigenvalue weighted by Crippen LogP contribution is 2.28. The third-order valence-corrected chi connectivity index (χ3v) is 6.92. The van der Waals surface area contributed by atoms with E-state index in [1.807, 2.05) is 6.92 Å². The number of amides is 1. The molecule has 1 aliphatic rings. The molecule has 0 saturated carbocycles. The van der Waals surface area contributed by atoms with Crippen LogP contribution in [0.4, 0.5) is 10.1 Å². The van der Waals surface area contributed by atoms with E-state index in [9.17, 15) is 27.5 Å². The molecule has 1 saturated heterocycles. The van der Waals surface area contributed by atoms with E-state index in [1.54, 1.807) is 13.0 Å². The average molecular weight is 450 g/mol. The molecule has 0 aliphatic carbocycles. The van der Waals surface area contributed by atoms with Gasteiger partial charge in [0.25, 0.3) is 5.91 Å². The van der Waals surface area contributed by atoms with Gasteiger partial charge in [0, 0.05) is 18.7 Å². The van der Waals surface area contributed by atoms with Crippen molar-refractivity contribution in [1.29, 1.82) is 0 Å². The summed E-state index contributed by atoms with van der Waals surface area (Å²) >= 11 is 0. The number of aryl methyl sites for hydroxylation is 2. The van der Waals surface area contributed by atoms with Crippen molar-refractivity contribution in [3.05, 3.63) is 59.4 Å². The molecule has 1 aliphatic heterocycles. The molecule has 0 aromatic heterocycles. The maximum atomic E-state index is 13.2. The Balaban J connectivity index is 1.69. The lowest BCUT2D eigenvalue weighted by atomic mass is 10.1. The quantitative estimate of drug-likeness (QED) is 0.649. The molecule has 1 fully saturated rings. The first-order valence-electron chi connectivity index (χ1n) is 9.57. The fourth-order valence-corrected chi connectivity index (χ4v) is 4.98. The highest BCUT2D eigenvalue weighted by molar-refractivity contribution is 7.89. The number of hydrogen-bond donors (Lipinski definition) is 2. The van der Waals surface area contributed by atoms with Gasteiger partial charge in [0.2, 0.25) is 10.0 Å². The van der Waals surface area contributed by atoms with Gasteiger partial charge in [-0.2, -0.15) is 4.31 Å². The molecule has 1 amide bonds. The van der Waals surface area contributed by atoms with Crippen LogP contribution in [0.3, 0.4) is 0 Å². The monoisotopic (exact) mass is 450 g/mol. The van der Waals surface area contributed by atoms with E-state index in [-0.39, 0.29) is 23.5 Å². The number of hydrogen-bond acceptors (Lipinski definition) is 6. The first-order valence-corrected chi connectivity index (χ1v) is 11.0. The minimum Gasteiger partial charge on any atom is -0.454 e. The van der Waals surface area contributed by atoms with Gasteiger partial charge in [-0.15, -0.1) is 0 Å². The van der Waals surface area contributed by atoms with Gasteiger partial charge in [-0.1, -0.05) is 12.1 Å². The molecular formula is C21H23FN2O6S. The van der Waals surface area contributed by atoms with Crippen molar-refractivity contribution >= 4 is 27.6 Å². The number of anilines is 1. The highest BCUT2D eigenvalue weighted by atomic mass is 32.2. The third kappa shape index (κ3) is 5.27. The summed E-state index contributed by atoms with van der Waals surface area (Å²) in [6, 6.07) is 8.54. The number of aliphatic hydroxyl groups is 1. The van der Waals surface area contributed by atoms with Crippen LogP contribution in [0.1, 0.15) is 17.5 Å². The van der Waals surface area contributed by atoms with Crippen LogP contribution in [0, 0.1) is 19.7 Å². The summed E-state index contributed by atoms with van der Waals surface area (Å²) in [6.45, 7) is 2.68. The van der Waals surface area contributed by atoms with Gasteiger partial charge in [-0.25, -0.2) is 12.8 Å². The number of halogens is 1. The lowest BCUT2D eigenvalue weighted by molar-refractivity contribution is -0.150. The van der Waals surface area contributed by atoms with E-state index in [0.29, 0.717) is 0 Å². The molecule has 2 aromatic rings. The first kappa shape index (κ1) is 22.9. The van der Waals surface area contributed by atoms with E-state index in [1.165, 1.54) is 30.3 Å². The smallest absolute Gasteiger partial charge is 0.325 e. The zero-order valence-corrected chi connectivity index (χ0v) is 17.9. The van der Waals surface area contributed by atoms with Crippen LogP contribution < -0.4 is 5.32 Å². The van der Waals surface area contributed by atoms with Crippen molar-refractivity contribution in [3.8, 4) is 0 Å². The molecule has 0 radical (unpaired) electrons. The maximum Gasteiger partial charge on any atom is 0.325 e. The maximum absolute atomic E-state index is 13.2. The standard InChI is InChI=1S/C21H23FN2O6S/c1-13-6-7-18(8-14(13)2)31(28,29)24-11-17(25)10-19(24)21(27)30-12-20(26)23-16-5-3-4-15(22)9-16/h3-9,17,19,25H,10-12H2,1-2H3,(H,23,26). The summed E-state index contributed by atoms with van der Waals surface area (Å²) in [4.78, 5) is 24.5. The van der Waals surface area contributed by atoms with Gasteiger partial charge in [0.15, 0.2) is 6.61 Å². The number of sulfonamides is 1. The Morgan fingerprint density at radius 2 is 1.94 bits per heavy atom. The van der Waals surface area contributed by atoms with Crippen LogP contribution in [0.2, 0.25) is 0 Å². The summed E-state index contributed by atoms with van der Waals surface area (Å²) in [6.07, 6.45) is -1.19. The van der Waals surface area contributed by atoms with Crippen molar-refractivity contribution in [2.45, 2.75) is 37.3 Å². The molecule has 2 atom stereocenters. The van der Waals surface area contributed by atoms with Gasteiger partial charge < -0.3 is 15.2 Å². The number of ether oxygens (including phenoxy) is 1. The number of nitrogens with one attached hydrogen (secondary N) is 1. The van der Waals surface area contributed by atoms with Gasteiger partial charge >= 0.3 is 5.97 Å². The second kappa shape index (κ2) is 9.13. The number of nitrogens with zero attached hydrogens (tertiary/aromatic N) is 1. The molecule has 31 heavy (non-hydrogen) atoms. The minimum atomic E-state index is -4.07. The van der Waals surface area contributed by atoms with Crippen LogP contribution in [0.5, 0.6) is 0 Å². The second-order valence-corrected chi connectivity index (χ2v) is 9.28. The summed E-state index contributed by atoms with van der Waals surface area (Å²) in [5, 5.41) is 12.4. The molecule has 2 unspecified atom stereocenters. The molecule has 2 aromatic carbocycles. The van der Waals surface area contributed by atoms with E-state index < -0.39 is 46.5 Å². The molecule has 166 valence electrons. The van der Waals surface area contributed by atoms with E-state index in [2.05, 4.69) is 5.32 Å². The van der Waals surface area contributed by atoms with Crippen molar-refractivity contribution < 1.29 is 32.2 Å². The normalized spacial score (nSPS) is 19.2. The topological polar surface area (TPSA) is 113 Å². The highest BCUT2D eigenvalue weighted by Gasteiger charge is 2.44. The molecule has 3 rings (SSSR count). The molecule has 1 heterocycles. The largest absolute Gasteiger partial charge is 0.454 e. The van der Waals surface area contributed by atoms with Gasteiger partial charge in [0.05, 0.1) is 11.0 Å². The molecule has 0 bridgehead atoms. The fraction of sp³-hybridized carbons (Fsp3) is 0.333. The summed E-state index contributed by atoms with van der Waals surface area (Å²) in [7, 11) is -4.07. The van der Waals surface area contributed by atoms with E-state index >= 15 is 0 Å². The molecule has 2 N–H and O–H groups in total. The molecular weight excluding hydrogens is 427 g/mol.